The Morgan fingerprint density at radius 2 is 1.79 bits per heavy atom. The summed E-state index contributed by atoms with van der Waals surface area (Å²) in [5, 5.41) is 17.8. The van der Waals surface area contributed by atoms with E-state index in [-0.39, 0.29) is 5.02 Å². The summed E-state index contributed by atoms with van der Waals surface area (Å²) in [6, 6.07) is 0.916. The van der Waals surface area contributed by atoms with E-state index in [9.17, 15) is 18.6 Å². The molecule has 4 nitrogen and oxygen atoms in total. The van der Waals surface area contributed by atoms with Crippen molar-refractivity contribution in [3.8, 4) is 11.5 Å². The molecule has 0 aromatic heterocycles. The SMILES string of the molecule is CS(=O)(=O)c1c(O)cc(Cl)c(O)c1Cl. The highest BCUT2D eigenvalue weighted by Crippen LogP contribution is 2.41. The van der Waals surface area contributed by atoms with Gasteiger partial charge in [-0.2, -0.15) is 0 Å². The zero-order valence-corrected chi connectivity index (χ0v) is 9.28. The highest BCUT2D eigenvalue weighted by atomic mass is 35.5. The van der Waals surface area contributed by atoms with Crippen LogP contribution in [0.5, 0.6) is 11.5 Å². The molecule has 1 aromatic carbocycles. The third kappa shape index (κ3) is 1.89. The Labute approximate surface area is 90.6 Å². The maximum atomic E-state index is 11.1. The largest absolute Gasteiger partial charge is 0.506 e. The van der Waals surface area contributed by atoms with Crippen LogP contribution in [-0.4, -0.2) is 24.9 Å². The molecule has 0 aliphatic rings. The average Bonchev–Trinajstić information content (AvgIpc) is 1.97. The van der Waals surface area contributed by atoms with Crippen LogP contribution in [0.15, 0.2) is 11.0 Å². The van der Waals surface area contributed by atoms with Crippen molar-refractivity contribution in [1.82, 2.24) is 0 Å². The number of halogens is 2. The maximum absolute atomic E-state index is 11.1. The summed E-state index contributed by atoms with van der Waals surface area (Å²) >= 11 is 11.0. The van der Waals surface area contributed by atoms with Gasteiger partial charge in [0.2, 0.25) is 0 Å². The molecule has 0 spiro atoms. The number of rotatable bonds is 1. The first-order chi connectivity index (χ1) is 6.25. The molecule has 0 saturated heterocycles. The summed E-state index contributed by atoms with van der Waals surface area (Å²) in [4.78, 5) is -0.527. The summed E-state index contributed by atoms with van der Waals surface area (Å²) in [6.45, 7) is 0. The zero-order valence-electron chi connectivity index (χ0n) is 6.95. The first-order valence-corrected chi connectivity index (χ1v) is 6.00. The Morgan fingerprint density at radius 3 is 2.21 bits per heavy atom. The quantitative estimate of drug-likeness (QED) is 0.752. The van der Waals surface area contributed by atoms with Gasteiger partial charge in [-0.3, -0.25) is 0 Å². The van der Waals surface area contributed by atoms with Crippen LogP contribution in [0.25, 0.3) is 0 Å². The van der Waals surface area contributed by atoms with Crippen molar-refractivity contribution in [3.63, 3.8) is 0 Å². The van der Waals surface area contributed by atoms with Crippen LogP contribution < -0.4 is 0 Å². The Morgan fingerprint density at radius 1 is 1.29 bits per heavy atom. The Balaban J connectivity index is 3.70. The molecule has 78 valence electrons. The van der Waals surface area contributed by atoms with Crippen LogP contribution >= 0.6 is 23.2 Å². The van der Waals surface area contributed by atoms with Gasteiger partial charge in [0.15, 0.2) is 15.6 Å². The molecule has 0 fully saturated rings. The number of aromatic hydroxyl groups is 2. The van der Waals surface area contributed by atoms with E-state index in [0.29, 0.717) is 0 Å². The number of benzene rings is 1. The Bertz CT molecular complexity index is 481. The lowest BCUT2D eigenvalue weighted by Gasteiger charge is -2.07. The van der Waals surface area contributed by atoms with Crippen LogP contribution in [-0.2, 0) is 9.84 Å². The van der Waals surface area contributed by atoms with Crippen LogP contribution in [0, 0.1) is 0 Å². The summed E-state index contributed by atoms with van der Waals surface area (Å²) in [7, 11) is -3.70. The second-order valence-corrected chi connectivity index (χ2v) is 5.38. The van der Waals surface area contributed by atoms with Gasteiger partial charge in [0.25, 0.3) is 0 Å². The summed E-state index contributed by atoms with van der Waals surface area (Å²) in [6.07, 6.45) is 0.862. The minimum absolute atomic E-state index is 0.208. The average molecular weight is 257 g/mol. The van der Waals surface area contributed by atoms with E-state index in [1.807, 2.05) is 0 Å². The van der Waals surface area contributed by atoms with Crippen molar-refractivity contribution < 1.29 is 18.6 Å². The fraction of sp³-hybridized carbons (Fsp3) is 0.143. The topological polar surface area (TPSA) is 74.6 Å². The van der Waals surface area contributed by atoms with Gasteiger partial charge in [0.1, 0.15) is 15.7 Å². The number of hydrogen-bond acceptors (Lipinski definition) is 4. The van der Waals surface area contributed by atoms with Crippen molar-refractivity contribution in [2.75, 3.05) is 6.26 Å². The van der Waals surface area contributed by atoms with Crippen LogP contribution in [0.2, 0.25) is 10.0 Å². The van der Waals surface area contributed by atoms with Gasteiger partial charge in [0, 0.05) is 12.3 Å². The fourth-order valence-electron chi connectivity index (χ4n) is 0.931. The van der Waals surface area contributed by atoms with E-state index < -0.39 is 31.3 Å². The van der Waals surface area contributed by atoms with E-state index in [4.69, 9.17) is 23.2 Å². The molecule has 2 N–H and O–H groups in total. The predicted octanol–water partition coefficient (Wildman–Crippen LogP) is 1.81. The summed E-state index contributed by atoms with van der Waals surface area (Å²) in [5.41, 5.74) is 0. The van der Waals surface area contributed by atoms with Gasteiger partial charge in [-0.05, 0) is 0 Å². The van der Waals surface area contributed by atoms with E-state index in [0.717, 1.165) is 12.3 Å². The smallest absolute Gasteiger partial charge is 0.180 e. The van der Waals surface area contributed by atoms with Gasteiger partial charge < -0.3 is 10.2 Å². The standard InChI is InChI=1S/C7H6Cl2O4S/c1-14(12,13)7-4(10)2-3(8)6(11)5(7)9/h2,10-11H,1H3. The highest BCUT2D eigenvalue weighted by Gasteiger charge is 2.22. The molecule has 0 unspecified atom stereocenters. The van der Waals surface area contributed by atoms with Crippen molar-refractivity contribution >= 4 is 33.0 Å². The molecule has 0 amide bonds. The van der Waals surface area contributed by atoms with Crippen LogP contribution in [0.4, 0.5) is 0 Å². The monoisotopic (exact) mass is 256 g/mol. The lowest BCUT2D eigenvalue weighted by Crippen LogP contribution is -1.99. The second-order valence-electron chi connectivity index (χ2n) is 2.64. The van der Waals surface area contributed by atoms with Crippen molar-refractivity contribution in [2.45, 2.75) is 4.90 Å². The minimum Gasteiger partial charge on any atom is -0.506 e. The third-order valence-corrected chi connectivity index (χ3v) is 3.42. The van der Waals surface area contributed by atoms with Gasteiger partial charge in [-0.15, -0.1) is 0 Å². The molecule has 0 heterocycles. The molecular weight excluding hydrogens is 251 g/mol. The van der Waals surface area contributed by atoms with E-state index in [1.165, 1.54) is 0 Å². The number of sulfone groups is 1. The van der Waals surface area contributed by atoms with Crippen LogP contribution in [0.1, 0.15) is 0 Å². The minimum atomic E-state index is -3.70. The highest BCUT2D eigenvalue weighted by molar-refractivity contribution is 7.91. The molecule has 0 radical (unpaired) electrons. The van der Waals surface area contributed by atoms with E-state index in [1.54, 1.807) is 0 Å². The number of phenols is 2. The van der Waals surface area contributed by atoms with Crippen molar-refractivity contribution in [1.29, 1.82) is 0 Å². The summed E-state index contributed by atoms with van der Waals surface area (Å²) < 4.78 is 22.3. The molecule has 0 atom stereocenters. The lowest BCUT2D eigenvalue weighted by atomic mass is 10.3. The first kappa shape index (κ1) is 11.4. The van der Waals surface area contributed by atoms with E-state index in [2.05, 4.69) is 0 Å². The third-order valence-electron chi connectivity index (χ3n) is 1.50. The van der Waals surface area contributed by atoms with Crippen molar-refractivity contribution in [3.05, 3.63) is 16.1 Å². The van der Waals surface area contributed by atoms with Gasteiger partial charge >= 0.3 is 0 Å². The predicted molar refractivity (Wildman–Crippen MR) is 52.9 cm³/mol. The second kappa shape index (κ2) is 3.49. The molecule has 0 aliphatic carbocycles. The Hall–Kier alpha value is -0.650. The normalized spacial score (nSPS) is 11.6. The molecule has 0 aliphatic heterocycles. The lowest BCUT2D eigenvalue weighted by molar-refractivity contribution is 0.446. The first-order valence-electron chi connectivity index (χ1n) is 3.35. The molecule has 1 rings (SSSR count). The number of phenolic OH excluding ortho intramolecular Hbond substituents is 2. The molecule has 0 saturated carbocycles. The Kier molecular flexibility index (Phi) is 2.85. The van der Waals surface area contributed by atoms with Gasteiger partial charge in [-0.1, -0.05) is 23.2 Å². The van der Waals surface area contributed by atoms with Gasteiger partial charge in [0.05, 0.1) is 5.02 Å². The summed E-state index contributed by atoms with van der Waals surface area (Å²) in [5.74, 6) is -1.15. The fourth-order valence-corrected chi connectivity index (χ4v) is 2.66. The van der Waals surface area contributed by atoms with Gasteiger partial charge in [-0.25, -0.2) is 8.42 Å². The molecular formula is C7H6Cl2O4S. The zero-order chi connectivity index (χ0) is 11.1. The molecule has 7 heteroatoms. The number of hydrogen-bond donors (Lipinski definition) is 2. The molecule has 1 aromatic rings. The maximum Gasteiger partial charge on any atom is 0.180 e. The van der Waals surface area contributed by atoms with E-state index >= 15 is 0 Å². The van der Waals surface area contributed by atoms with Crippen molar-refractivity contribution in [2.24, 2.45) is 0 Å². The van der Waals surface area contributed by atoms with Crippen LogP contribution in [0.3, 0.4) is 0 Å². The molecule has 0 bridgehead atoms. The molecule has 14 heavy (non-hydrogen) atoms.